The zero-order valence-electron chi connectivity index (χ0n) is 11.3. The molecule has 2 atom stereocenters. The van der Waals surface area contributed by atoms with Gasteiger partial charge in [-0.2, -0.15) is 0 Å². The molecule has 0 bridgehead atoms. The molecule has 2 N–H and O–H groups in total. The summed E-state index contributed by atoms with van der Waals surface area (Å²) >= 11 is 3.45. The number of rotatable bonds is 2. The summed E-state index contributed by atoms with van der Waals surface area (Å²) in [6.45, 7) is 8.24. The Kier molecular flexibility index (Phi) is 4.04. The Morgan fingerprint density at radius 1 is 1.37 bits per heavy atom. The number of hydrogen-bond acceptors (Lipinski definition) is 2. The molecule has 0 fully saturated rings. The van der Waals surface area contributed by atoms with Crippen LogP contribution in [0.4, 0.5) is 0 Å². The van der Waals surface area contributed by atoms with Crippen LogP contribution in [0, 0.1) is 5.92 Å². The first-order chi connectivity index (χ1) is 8.90. The molecule has 2 rings (SSSR count). The summed E-state index contributed by atoms with van der Waals surface area (Å²) in [4.78, 5) is 0. The molecule has 3 heteroatoms. The molecule has 19 heavy (non-hydrogen) atoms. The van der Waals surface area contributed by atoms with E-state index in [2.05, 4.69) is 35.5 Å². The van der Waals surface area contributed by atoms with Crippen molar-refractivity contribution in [3.8, 4) is 11.5 Å². The Labute approximate surface area is 122 Å². The number of allylic oxidation sites excluding steroid dienone is 3. The first kappa shape index (κ1) is 14.2. The van der Waals surface area contributed by atoms with E-state index in [0.29, 0.717) is 5.92 Å². The van der Waals surface area contributed by atoms with Crippen molar-refractivity contribution < 1.29 is 10.2 Å². The number of aromatic hydroxyl groups is 2. The quantitative estimate of drug-likeness (QED) is 0.762. The van der Waals surface area contributed by atoms with Crippen molar-refractivity contribution in [3.63, 3.8) is 0 Å². The van der Waals surface area contributed by atoms with Gasteiger partial charge in [0.1, 0.15) is 11.5 Å². The van der Waals surface area contributed by atoms with E-state index in [4.69, 9.17) is 0 Å². The van der Waals surface area contributed by atoms with Crippen molar-refractivity contribution in [2.24, 2.45) is 5.92 Å². The molecular weight excluding hydrogens is 304 g/mol. The van der Waals surface area contributed by atoms with Crippen LogP contribution in [-0.2, 0) is 0 Å². The molecular formula is C16H19BrO2. The minimum Gasteiger partial charge on any atom is -0.508 e. The second kappa shape index (κ2) is 5.41. The van der Waals surface area contributed by atoms with Crippen LogP contribution in [-0.4, -0.2) is 10.2 Å². The molecule has 0 radical (unpaired) electrons. The SMILES string of the molecule is C=C(C)C1CCC(C)=CC1c1c(O)cc(O)cc1Br. The van der Waals surface area contributed by atoms with Gasteiger partial charge in [0.25, 0.3) is 0 Å². The lowest BCUT2D eigenvalue weighted by Crippen LogP contribution is -2.17. The third-order valence-electron chi connectivity index (χ3n) is 3.81. The van der Waals surface area contributed by atoms with Crippen molar-refractivity contribution in [2.45, 2.75) is 32.6 Å². The summed E-state index contributed by atoms with van der Waals surface area (Å²) in [5, 5.41) is 19.7. The Morgan fingerprint density at radius 2 is 2.05 bits per heavy atom. The van der Waals surface area contributed by atoms with Gasteiger partial charge >= 0.3 is 0 Å². The topological polar surface area (TPSA) is 40.5 Å². The van der Waals surface area contributed by atoms with Crippen LogP contribution in [0.3, 0.4) is 0 Å². The molecule has 1 aliphatic rings. The largest absolute Gasteiger partial charge is 0.508 e. The van der Waals surface area contributed by atoms with Gasteiger partial charge in [-0.3, -0.25) is 0 Å². The zero-order chi connectivity index (χ0) is 14.2. The minimum atomic E-state index is 0.0662. The van der Waals surface area contributed by atoms with Crippen molar-refractivity contribution in [1.82, 2.24) is 0 Å². The first-order valence-corrected chi connectivity index (χ1v) is 7.23. The summed E-state index contributed by atoms with van der Waals surface area (Å²) in [6.07, 6.45) is 4.33. The Bertz CT molecular complexity index is 523. The molecule has 102 valence electrons. The van der Waals surface area contributed by atoms with Crippen molar-refractivity contribution in [2.75, 3.05) is 0 Å². The third kappa shape index (κ3) is 2.86. The standard InChI is InChI=1S/C16H19BrO2/c1-9(2)12-5-4-10(3)6-13(12)16-14(17)7-11(18)8-15(16)19/h6-8,12-13,18-19H,1,4-5H2,2-3H3. The summed E-state index contributed by atoms with van der Waals surface area (Å²) in [7, 11) is 0. The van der Waals surface area contributed by atoms with Crippen molar-refractivity contribution >= 4 is 15.9 Å². The average molecular weight is 323 g/mol. The maximum atomic E-state index is 10.2. The molecule has 0 saturated carbocycles. The number of halogens is 1. The molecule has 0 amide bonds. The van der Waals surface area contributed by atoms with Gasteiger partial charge in [0.05, 0.1) is 0 Å². The van der Waals surface area contributed by atoms with Gasteiger partial charge in [-0.1, -0.05) is 39.7 Å². The highest BCUT2D eigenvalue weighted by atomic mass is 79.9. The Balaban J connectivity index is 2.54. The molecule has 0 aliphatic heterocycles. The third-order valence-corrected chi connectivity index (χ3v) is 4.46. The second-order valence-corrected chi connectivity index (χ2v) is 6.25. The van der Waals surface area contributed by atoms with Gasteiger partial charge in [0.15, 0.2) is 0 Å². The minimum absolute atomic E-state index is 0.0662. The molecule has 1 aromatic rings. The van der Waals surface area contributed by atoms with Gasteiger partial charge in [-0.05, 0) is 38.7 Å². The van der Waals surface area contributed by atoms with E-state index < -0.39 is 0 Å². The summed E-state index contributed by atoms with van der Waals surface area (Å²) in [5.41, 5.74) is 3.31. The van der Waals surface area contributed by atoms with Crippen LogP contribution in [0.5, 0.6) is 11.5 Å². The number of hydrogen-bond donors (Lipinski definition) is 2. The highest BCUT2D eigenvalue weighted by Gasteiger charge is 2.29. The molecule has 0 heterocycles. The van der Waals surface area contributed by atoms with Crippen LogP contribution >= 0.6 is 15.9 Å². The van der Waals surface area contributed by atoms with Crippen LogP contribution < -0.4 is 0 Å². The first-order valence-electron chi connectivity index (χ1n) is 6.44. The van der Waals surface area contributed by atoms with E-state index in [1.54, 1.807) is 6.07 Å². The maximum absolute atomic E-state index is 10.2. The van der Waals surface area contributed by atoms with E-state index in [9.17, 15) is 10.2 Å². The summed E-state index contributed by atoms with van der Waals surface area (Å²) in [5.74, 6) is 0.641. The van der Waals surface area contributed by atoms with Crippen LogP contribution in [0.1, 0.15) is 38.2 Å². The van der Waals surface area contributed by atoms with E-state index >= 15 is 0 Å². The molecule has 0 aromatic heterocycles. The van der Waals surface area contributed by atoms with E-state index in [0.717, 1.165) is 28.5 Å². The molecule has 2 unspecified atom stereocenters. The van der Waals surface area contributed by atoms with E-state index in [1.165, 1.54) is 11.6 Å². The van der Waals surface area contributed by atoms with Crippen molar-refractivity contribution in [3.05, 3.63) is 46.0 Å². The fraction of sp³-hybridized carbons (Fsp3) is 0.375. The van der Waals surface area contributed by atoms with Gasteiger partial charge in [0, 0.05) is 22.0 Å². The number of phenolic OH excluding ortho intramolecular Hbond substituents is 2. The normalized spacial score (nSPS) is 23.0. The molecule has 1 aliphatic carbocycles. The predicted octanol–water partition coefficient (Wildman–Crippen LogP) is 4.88. The van der Waals surface area contributed by atoms with E-state index in [-0.39, 0.29) is 17.4 Å². The van der Waals surface area contributed by atoms with Gasteiger partial charge in [-0.25, -0.2) is 0 Å². The summed E-state index contributed by atoms with van der Waals surface area (Å²) < 4.78 is 0.743. The highest BCUT2D eigenvalue weighted by molar-refractivity contribution is 9.10. The zero-order valence-corrected chi connectivity index (χ0v) is 12.9. The lowest BCUT2D eigenvalue weighted by molar-refractivity contribution is 0.425. The smallest absolute Gasteiger partial charge is 0.124 e. The molecule has 2 nitrogen and oxygen atoms in total. The molecule has 0 spiro atoms. The fourth-order valence-electron chi connectivity index (χ4n) is 2.83. The number of benzene rings is 1. The van der Waals surface area contributed by atoms with Crippen LogP contribution in [0.25, 0.3) is 0 Å². The van der Waals surface area contributed by atoms with E-state index in [1.807, 2.05) is 6.92 Å². The fourth-order valence-corrected chi connectivity index (χ4v) is 3.53. The van der Waals surface area contributed by atoms with Crippen molar-refractivity contribution in [1.29, 1.82) is 0 Å². The monoisotopic (exact) mass is 322 g/mol. The molecule has 1 aromatic carbocycles. The Hall–Kier alpha value is -1.22. The van der Waals surface area contributed by atoms with Crippen LogP contribution in [0.15, 0.2) is 40.4 Å². The highest BCUT2D eigenvalue weighted by Crippen LogP contribution is 2.46. The molecule has 0 saturated heterocycles. The lowest BCUT2D eigenvalue weighted by Gasteiger charge is -2.31. The summed E-state index contributed by atoms with van der Waals surface area (Å²) in [6, 6.07) is 3.02. The van der Waals surface area contributed by atoms with Gasteiger partial charge < -0.3 is 10.2 Å². The second-order valence-electron chi connectivity index (χ2n) is 5.39. The Morgan fingerprint density at radius 3 is 2.63 bits per heavy atom. The average Bonchev–Trinajstić information content (AvgIpc) is 2.27. The maximum Gasteiger partial charge on any atom is 0.124 e. The van der Waals surface area contributed by atoms with Gasteiger partial charge in [0.2, 0.25) is 0 Å². The van der Waals surface area contributed by atoms with Gasteiger partial charge in [-0.15, -0.1) is 0 Å². The predicted molar refractivity (Wildman–Crippen MR) is 81.5 cm³/mol. The number of phenols is 2. The lowest BCUT2D eigenvalue weighted by atomic mass is 9.74. The van der Waals surface area contributed by atoms with Crippen LogP contribution in [0.2, 0.25) is 0 Å².